The molecule has 1 fully saturated rings. The Morgan fingerprint density at radius 3 is 2.48 bits per heavy atom. The minimum absolute atomic E-state index is 0.161. The molecule has 0 aliphatic carbocycles. The van der Waals surface area contributed by atoms with Gasteiger partial charge in [-0.1, -0.05) is 36.1 Å². The van der Waals surface area contributed by atoms with Gasteiger partial charge in [-0.3, -0.25) is 9.69 Å². The first-order valence-corrected chi connectivity index (χ1v) is 7.76. The first-order valence-electron chi connectivity index (χ1n) is 6.53. The van der Waals surface area contributed by atoms with Crippen molar-refractivity contribution < 1.29 is 24.2 Å². The molecular weight excluding hydrogens is 338 g/mol. The highest BCUT2D eigenvalue weighted by Crippen LogP contribution is 2.34. The van der Waals surface area contributed by atoms with Crippen LogP contribution in [-0.4, -0.2) is 45.3 Å². The summed E-state index contributed by atoms with van der Waals surface area (Å²) in [6.07, 6.45) is 1.61. The van der Waals surface area contributed by atoms with Crippen molar-refractivity contribution in [3.05, 3.63) is 40.3 Å². The largest absolute Gasteiger partial charge is 0.478 e. The topological polar surface area (TPSA) is 83.9 Å². The van der Waals surface area contributed by atoms with Gasteiger partial charge < -0.3 is 9.84 Å². The molecule has 0 saturated carbocycles. The standard InChI is InChI=1S/C15H13NO5S2/c1-8(14(20)21-2)16-12(17)11(23-15(16)22)7-9-3-5-10(6-4-9)13(18)19/h3-8H,1-2H3,(H,18,19)/b11-7-. The molecular formula is C15H13NO5S2. The molecule has 1 heterocycles. The van der Waals surface area contributed by atoms with Crippen LogP contribution in [0.25, 0.3) is 6.08 Å². The molecule has 1 aromatic rings. The molecule has 1 N–H and O–H groups in total. The normalized spacial score (nSPS) is 17.5. The maximum Gasteiger partial charge on any atom is 0.335 e. The number of methoxy groups -OCH3 is 1. The minimum atomic E-state index is -1.02. The second-order valence-corrected chi connectivity index (χ2v) is 6.35. The summed E-state index contributed by atoms with van der Waals surface area (Å²) in [7, 11) is 1.25. The van der Waals surface area contributed by atoms with Gasteiger partial charge in [0.2, 0.25) is 0 Å². The quantitative estimate of drug-likeness (QED) is 0.505. The summed E-state index contributed by atoms with van der Waals surface area (Å²) in [5, 5.41) is 8.87. The van der Waals surface area contributed by atoms with Crippen molar-refractivity contribution >= 4 is 52.2 Å². The number of hydrogen-bond donors (Lipinski definition) is 1. The van der Waals surface area contributed by atoms with Crippen LogP contribution in [0.1, 0.15) is 22.8 Å². The molecule has 1 atom stereocenters. The first-order chi connectivity index (χ1) is 10.8. The number of thioether (sulfide) groups is 1. The lowest BCUT2D eigenvalue weighted by molar-refractivity contribution is -0.147. The zero-order chi connectivity index (χ0) is 17.1. The Hall–Kier alpha value is -2.19. The first kappa shape index (κ1) is 17.2. The van der Waals surface area contributed by atoms with Gasteiger partial charge in [-0.2, -0.15) is 0 Å². The van der Waals surface area contributed by atoms with Crippen molar-refractivity contribution in [1.82, 2.24) is 4.90 Å². The number of aromatic carboxylic acids is 1. The van der Waals surface area contributed by atoms with Gasteiger partial charge in [0.05, 0.1) is 17.6 Å². The van der Waals surface area contributed by atoms with Gasteiger partial charge in [0.15, 0.2) is 0 Å². The van der Waals surface area contributed by atoms with Gasteiger partial charge in [0.1, 0.15) is 10.4 Å². The number of ether oxygens (including phenoxy) is 1. The minimum Gasteiger partial charge on any atom is -0.478 e. The van der Waals surface area contributed by atoms with Crippen LogP contribution in [-0.2, 0) is 14.3 Å². The molecule has 1 aliphatic rings. The van der Waals surface area contributed by atoms with Gasteiger partial charge in [-0.05, 0) is 30.7 Å². The number of benzene rings is 1. The van der Waals surface area contributed by atoms with E-state index >= 15 is 0 Å². The van der Waals surface area contributed by atoms with E-state index in [1.165, 1.54) is 24.1 Å². The highest BCUT2D eigenvalue weighted by molar-refractivity contribution is 8.26. The number of esters is 1. The second-order valence-electron chi connectivity index (χ2n) is 4.68. The zero-order valence-corrected chi connectivity index (χ0v) is 13.9. The molecule has 8 heteroatoms. The van der Waals surface area contributed by atoms with Gasteiger partial charge in [-0.15, -0.1) is 0 Å². The predicted octanol–water partition coefficient (Wildman–Crippen LogP) is 2.15. The number of carboxylic acids is 1. The number of hydrogen-bond acceptors (Lipinski definition) is 6. The summed E-state index contributed by atoms with van der Waals surface area (Å²) in [4.78, 5) is 36.4. The molecule has 0 radical (unpaired) electrons. The maximum absolute atomic E-state index is 12.4. The van der Waals surface area contributed by atoms with E-state index in [0.717, 1.165) is 11.8 Å². The maximum atomic E-state index is 12.4. The Labute approximate surface area is 142 Å². The molecule has 0 spiro atoms. The monoisotopic (exact) mass is 351 g/mol. The Morgan fingerprint density at radius 1 is 1.35 bits per heavy atom. The van der Waals surface area contributed by atoms with Gasteiger partial charge in [0.25, 0.3) is 5.91 Å². The van der Waals surface area contributed by atoms with Crippen LogP contribution in [0.15, 0.2) is 29.2 Å². The average molecular weight is 351 g/mol. The van der Waals surface area contributed by atoms with Gasteiger partial charge in [0, 0.05) is 0 Å². The fraction of sp³-hybridized carbons (Fsp3) is 0.200. The third kappa shape index (κ3) is 3.59. The Kier molecular flexibility index (Phi) is 5.17. The molecule has 120 valence electrons. The third-order valence-electron chi connectivity index (χ3n) is 3.21. The lowest BCUT2D eigenvalue weighted by Crippen LogP contribution is -2.42. The zero-order valence-electron chi connectivity index (χ0n) is 12.3. The summed E-state index contributed by atoms with van der Waals surface area (Å²) in [6.45, 7) is 1.54. The lowest BCUT2D eigenvalue weighted by Gasteiger charge is -2.20. The number of nitrogens with zero attached hydrogens (tertiary/aromatic N) is 1. The van der Waals surface area contributed by atoms with Crippen molar-refractivity contribution in [2.24, 2.45) is 0 Å². The lowest BCUT2D eigenvalue weighted by atomic mass is 10.1. The molecule has 1 unspecified atom stereocenters. The van der Waals surface area contributed by atoms with Crippen molar-refractivity contribution in [3.8, 4) is 0 Å². The van der Waals surface area contributed by atoms with E-state index < -0.39 is 18.0 Å². The molecule has 2 rings (SSSR count). The predicted molar refractivity (Wildman–Crippen MR) is 89.9 cm³/mol. The van der Waals surface area contributed by atoms with Crippen LogP contribution >= 0.6 is 24.0 Å². The fourth-order valence-electron chi connectivity index (χ4n) is 1.96. The smallest absolute Gasteiger partial charge is 0.335 e. The number of rotatable bonds is 4. The van der Waals surface area contributed by atoms with E-state index in [1.54, 1.807) is 25.1 Å². The van der Waals surface area contributed by atoms with Crippen LogP contribution in [0.3, 0.4) is 0 Å². The van der Waals surface area contributed by atoms with Crippen molar-refractivity contribution in [3.63, 3.8) is 0 Å². The van der Waals surface area contributed by atoms with E-state index in [-0.39, 0.29) is 15.8 Å². The molecule has 23 heavy (non-hydrogen) atoms. The van der Waals surface area contributed by atoms with E-state index in [0.29, 0.717) is 10.5 Å². The van der Waals surface area contributed by atoms with Gasteiger partial charge >= 0.3 is 11.9 Å². The van der Waals surface area contributed by atoms with E-state index in [4.69, 9.17) is 17.3 Å². The summed E-state index contributed by atoms with van der Waals surface area (Å²) >= 11 is 6.24. The van der Waals surface area contributed by atoms with Crippen LogP contribution in [0.4, 0.5) is 0 Å². The number of thiocarbonyl (C=S) groups is 1. The van der Waals surface area contributed by atoms with Crippen molar-refractivity contribution in [2.45, 2.75) is 13.0 Å². The van der Waals surface area contributed by atoms with E-state index in [1.807, 2.05) is 0 Å². The van der Waals surface area contributed by atoms with Crippen LogP contribution in [0, 0.1) is 0 Å². The second kappa shape index (κ2) is 6.93. The third-order valence-corrected chi connectivity index (χ3v) is 4.54. The molecule has 1 aromatic carbocycles. The summed E-state index contributed by atoms with van der Waals surface area (Å²) < 4.78 is 4.91. The molecule has 1 aliphatic heterocycles. The SMILES string of the molecule is COC(=O)C(C)N1C(=O)/C(=C/c2ccc(C(=O)O)cc2)SC1=S. The van der Waals surface area contributed by atoms with Gasteiger partial charge in [-0.25, -0.2) is 9.59 Å². The van der Waals surface area contributed by atoms with Crippen molar-refractivity contribution in [2.75, 3.05) is 7.11 Å². The Morgan fingerprint density at radius 2 is 1.96 bits per heavy atom. The summed E-state index contributed by atoms with van der Waals surface area (Å²) in [6, 6.07) is 5.30. The fourth-order valence-corrected chi connectivity index (χ4v) is 3.38. The highest BCUT2D eigenvalue weighted by Gasteiger charge is 2.38. The van der Waals surface area contributed by atoms with Crippen LogP contribution < -0.4 is 0 Å². The number of carbonyl (C=O) groups excluding carboxylic acids is 2. The van der Waals surface area contributed by atoms with Crippen molar-refractivity contribution in [1.29, 1.82) is 0 Å². The highest BCUT2D eigenvalue weighted by atomic mass is 32.2. The average Bonchev–Trinajstić information content (AvgIpc) is 2.80. The summed E-state index contributed by atoms with van der Waals surface area (Å²) in [5.41, 5.74) is 0.829. The molecule has 1 saturated heterocycles. The molecule has 6 nitrogen and oxygen atoms in total. The Bertz CT molecular complexity index is 711. The number of carbonyl (C=O) groups is 3. The molecule has 0 bridgehead atoms. The number of carboxylic acid groups (broad SMARTS) is 1. The Balaban J connectivity index is 2.24. The molecule has 1 amide bonds. The van der Waals surface area contributed by atoms with Crippen LogP contribution in [0.2, 0.25) is 0 Å². The van der Waals surface area contributed by atoms with Crippen LogP contribution in [0.5, 0.6) is 0 Å². The molecule has 0 aromatic heterocycles. The summed E-state index contributed by atoms with van der Waals surface area (Å²) in [5.74, 6) is -1.94. The van der Waals surface area contributed by atoms with E-state index in [2.05, 4.69) is 4.74 Å². The number of amides is 1. The van der Waals surface area contributed by atoms with E-state index in [9.17, 15) is 14.4 Å².